The maximum Gasteiger partial charge on any atom is 0.233 e. The third kappa shape index (κ3) is 7.54. The van der Waals surface area contributed by atoms with E-state index in [1.807, 2.05) is 6.92 Å². The summed E-state index contributed by atoms with van der Waals surface area (Å²) in [6, 6.07) is 0. The highest BCUT2D eigenvalue weighted by molar-refractivity contribution is 5.78. The Morgan fingerprint density at radius 2 is 1.93 bits per heavy atom. The molecule has 0 atom stereocenters. The Balaban J connectivity index is 3.21. The van der Waals surface area contributed by atoms with Crippen LogP contribution in [0, 0.1) is 0 Å². The molecule has 0 saturated carbocycles. The van der Waals surface area contributed by atoms with Gasteiger partial charge < -0.3 is 16.0 Å². The van der Waals surface area contributed by atoms with Gasteiger partial charge in [0.1, 0.15) is 0 Å². The van der Waals surface area contributed by atoms with Crippen molar-refractivity contribution in [1.29, 1.82) is 0 Å². The molecule has 5 nitrogen and oxygen atoms in total. The van der Waals surface area contributed by atoms with Crippen molar-refractivity contribution >= 4 is 11.8 Å². The van der Waals surface area contributed by atoms with Gasteiger partial charge in [0.2, 0.25) is 11.8 Å². The first-order valence-corrected chi connectivity index (χ1v) is 4.88. The second kappa shape index (κ2) is 8.50. The van der Waals surface area contributed by atoms with Crippen molar-refractivity contribution in [2.75, 3.05) is 26.7 Å². The zero-order valence-corrected chi connectivity index (χ0v) is 8.85. The van der Waals surface area contributed by atoms with Crippen molar-refractivity contribution < 1.29 is 9.59 Å². The summed E-state index contributed by atoms with van der Waals surface area (Å²) in [6.07, 6.45) is 1.25. The lowest BCUT2D eigenvalue weighted by molar-refractivity contribution is -0.120. The summed E-state index contributed by atoms with van der Waals surface area (Å²) in [5, 5.41) is 8.17. The fourth-order valence-electron chi connectivity index (χ4n) is 0.961. The van der Waals surface area contributed by atoms with Gasteiger partial charge in [-0.05, 0) is 19.9 Å². The van der Waals surface area contributed by atoms with E-state index in [0.717, 1.165) is 6.42 Å². The molecular formula is C9H19N3O2. The molecule has 0 fully saturated rings. The number of rotatable bonds is 7. The van der Waals surface area contributed by atoms with Crippen LogP contribution in [0.15, 0.2) is 0 Å². The van der Waals surface area contributed by atoms with E-state index in [0.29, 0.717) is 26.1 Å². The van der Waals surface area contributed by atoms with Crippen LogP contribution >= 0.6 is 0 Å². The van der Waals surface area contributed by atoms with E-state index in [9.17, 15) is 9.59 Å². The molecule has 0 rings (SSSR count). The zero-order chi connectivity index (χ0) is 10.8. The molecule has 14 heavy (non-hydrogen) atoms. The molecule has 0 aromatic heterocycles. The summed E-state index contributed by atoms with van der Waals surface area (Å²) in [5.41, 5.74) is 0. The van der Waals surface area contributed by atoms with Gasteiger partial charge in [-0.3, -0.25) is 9.59 Å². The predicted octanol–water partition coefficient (Wildman–Crippen LogP) is -0.762. The van der Waals surface area contributed by atoms with Gasteiger partial charge in [-0.15, -0.1) is 0 Å². The molecule has 2 amide bonds. The summed E-state index contributed by atoms with van der Waals surface area (Å²) in [6.45, 7) is 3.54. The highest BCUT2D eigenvalue weighted by Crippen LogP contribution is 1.85. The minimum absolute atomic E-state index is 0.00700. The molecule has 5 heteroatoms. The van der Waals surface area contributed by atoms with Gasteiger partial charge in [-0.1, -0.05) is 0 Å². The van der Waals surface area contributed by atoms with Gasteiger partial charge in [-0.2, -0.15) is 0 Å². The second-order valence-corrected chi connectivity index (χ2v) is 2.91. The lowest BCUT2D eigenvalue weighted by Crippen LogP contribution is -2.34. The van der Waals surface area contributed by atoms with Crippen molar-refractivity contribution in [3.8, 4) is 0 Å². The quantitative estimate of drug-likeness (QED) is 0.474. The highest BCUT2D eigenvalue weighted by atomic mass is 16.2. The maximum atomic E-state index is 10.9. The number of hydrogen-bond donors (Lipinski definition) is 3. The molecule has 0 aliphatic rings. The van der Waals surface area contributed by atoms with E-state index in [1.54, 1.807) is 7.05 Å². The second-order valence-electron chi connectivity index (χ2n) is 2.91. The van der Waals surface area contributed by atoms with Gasteiger partial charge in [0, 0.05) is 20.0 Å². The fourth-order valence-corrected chi connectivity index (χ4v) is 0.961. The van der Waals surface area contributed by atoms with Crippen molar-refractivity contribution in [2.24, 2.45) is 0 Å². The monoisotopic (exact) mass is 201 g/mol. The molecule has 0 aromatic carbocycles. The highest BCUT2D eigenvalue weighted by Gasteiger charge is 1.99. The first-order chi connectivity index (χ1) is 6.70. The van der Waals surface area contributed by atoms with E-state index in [1.165, 1.54) is 0 Å². The van der Waals surface area contributed by atoms with Gasteiger partial charge in [0.15, 0.2) is 0 Å². The molecule has 0 radical (unpaired) electrons. The first-order valence-electron chi connectivity index (χ1n) is 4.88. The standard InChI is InChI=1S/C9H19N3O2/c1-3-12-9(14)7-11-6-4-5-8(13)10-2/h11H,3-7H2,1-2H3,(H,10,13)(H,12,14). The Kier molecular flexibility index (Phi) is 7.83. The van der Waals surface area contributed by atoms with Gasteiger partial charge >= 0.3 is 0 Å². The topological polar surface area (TPSA) is 70.2 Å². The fraction of sp³-hybridized carbons (Fsp3) is 0.778. The van der Waals surface area contributed by atoms with E-state index in [2.05, 4.69) is 16.0 Å². The minimum Gasteiger partial charge on any atom is -0.359 e. The molecule has 3 N–H and O–H groups in total. The summed E-state index contributed by atoms with van der Waals surface area (Å²) >= 11 is 0. The molecular weight excluding hydrogens is 182 g/mol. The van der Waals surface area contributed by atoms with Crippen molar-refractivity contribution in [3.05, 3.63) is 0 Å². The number of carbonyl (C=O) groups excluding carboxylic acids is 2. The summed E-state index contributed by atoms with van der Waals surface area (Å²) in [5.74, 6) is 0.0252. The Hall–Kier alpha value is -1.10. The molecule has 0 bridgehead atoms. The summed E-state index contributed by atoms with van der Waals surface area (Å²) < 4.78 is 0. The molecule has 0 spiro atoms. The average molecular weight is 201 g/mol. The van der Waals surface area contributed by atoms with E-state index >= 15 is 0 Å². The van der Waals surface area contributed by atoms with Gasteiger partial charge in [0.25, 0.3) is 0 Å². The first kappa shape index (κ1) is 12.9. The molecule has 0 saturated heterocycles. The van der Waals surface area contributed by atoms with Crippen LogP contribution in [-0.4, -0.2) is 38.5 Å². The van der Waals surface area contributed by atoms with Crippen molar-refractivity contribution in [2.45, 2.75) is 19.8 Å². The Morgan fingerprint density at radius 1 is 1.21 bits per heavy atom. The number of carbonyl (C=O) groups is 2. The van der Waals surface area contributed by atoms with Crippen molar-refractivity contribution in [1.82, 2.24) is 16.0 Å². The van der Waals surface area contributed by atoms with Gasteiger partial charge in [-0.25, -0.2) is 0 Å². The summed E-state index contributed by atoms with van der Waals surface area (Å²) in [4.78, 5) is 21.7. The molecule has 0 aliphatic carbocycles. The van der Waals surface area contributed by atoms with Crippen LogP contribution in [0.2, 0.25) is 0 Å². The minimum atomic E-state index is -0.00700. The Morgan fingerprint density at radius 3 is 2.50 bits per heavy atom. The Bertz CT molecular complexity index is 183. The molecule has 82 valence electrons. The lowest BCUT2D eigenvalue weighted by atomic mass is 10.3. The smallest absolute Gasteiger partial charge is 0.233 e. The van der Waals surface area contributed by atoms with Crippen molar-refractivity contribution in [3.63, 3.8) is 0 Å². The molecule has 0 unspecified atom stereocenters. The number of amides is 2. The van der Waals surface area contributed by atoms with Crippen LogP contribution in [0.25, 0.3) is 0 Å². The third-order valence-corrected chi connectivity index (χ3v) is 1.70. The average Bonchev–Trinajstić information content (AvgIpc) is 2.17. The van der Waals surface area contributed by atoms with Gasteiger partial charge in [0.05, 0.1) is 6.54 Å². The van der Waals surface area contributed by atoms with Crippen LogP contribution in [0.1, 0.15) is 19.8 Å². The third-order valence-electron chi connectivity index (χ3n) is 1.70. The molecule has 0 heterocycles. The lowest BCUT2D eigenvalue weighted by Gasteiger charge is -2.04. The molecule has 0 aromatic rings. The van der Waals surface area contributed by atoms with Crippen LogP contribution in [0.4, 0.5) is 0 Å². The predicted molar refractivity (Wildman–Crippen MR) is 54.9 cm³/mol. The summed E-state index contributed by atoms with van der Waals surface area (Å²) in [7, 11) is 1.62. The SMILES string of the molecule is CCNC(=O)CNCCCC(=O)NC. The number of nitrogens with one attached hydrogen (secondary N) is 3. The number of likely N-dealkylation sites (N-methyl/N-ethyl adjacent to an activating group) is 1. The van der Waals surface area contributed by atoms with Crippen LogP contribution < -0.4 is 16.0 Å². The Labute approximate surface area is 84.6 Å². The van der Waals surface area contributed by atoms with E-state index in [4.69, 9.17) is 0 Å². The van der Waals surface area contributed by atoms with Crippen LogP contribution in [0.5, 0.6) is 0 Å². The maximum absolute atomic E-state index is 10.9. The zero-order valence-electron chi connectivity index (χ0n) is 8.85. The van der Waals surface area contributed by atoms with E-state index < -0.39 is 0 Å². The molecule has 0 aliphatic heterocycles. The largest absolute Gasteiger partial charge is 0.359 e. The van der Waals surface area contributed by atoms with E-state index in [-0.39, 0.29) is 11.8 Å². The van der Waals surface area contributed by atoms with Crippen LogP contribution in [-0.2, 0) is 9.59 Å². The van der Waals surface area contributed by atoms with Crippen LogP contribution in [0.3, 0.4) is 0 Å². The normalized spacial score (nSPS) is 9.57. The number of hydrogen-bond acceptors (Lipinski definition) is 3.